The second kappa shape index (κ2) is 7.53. The van der Waals surface area contributed by atoms with Gasteiger partial charge in [-0.2, -0.15) is 0 Å². The van der Waals surface area contributed by atoms with E-state index in [0.29, 0.717) is 18.9 Å². The van der Waals surface area contributed by atoms with Gasteiger partial charge in [-0.3, -0.25) is 0 Å². The van der Waals surface area contributed by atoms with Crippen molar-refractivity contribution in [2.75, 3.05) is 19.5 Å². The van der Waals surface area contributed by atoms with E-state index in [1.165, 1.54) is 23.9 Å². The molecule has 21 heavy (non-hydrogen) atoms. The van der Waals surface area contributed by atoms with Crippen LogP contribution in [0.4, 0.5) is 4.39 Å². The van der Waals surface area contributed by atoms with Crippen molar-refractivity contribution < 1.29 is 14.2 Å². The van der Waals surface area contributed by atoms with E-state index in [0.717, 1.165) is 16.3 Å². The molecule has 0 bridgehead atoms. The van der Waals surface area contributed by atoms with E-state index < -0.39 is 6.10 Å². The molecule has 0 aliphatic heterocycles. The van der Waals surface area contributed by atoms with Gasteiger partial charge in [0.15, 0.2) is 5.16 Å². The Balaban J connectivity index is 1.97. The first-order valence-corrected chi connectivity index (χ1v) is 7.54. The second-order valence-corrected chi connectivity index (χ2v) is 5.61. The lowest BCUT2D eigenvalue weighted by molar-refractivity contribution is 0.184. The topological polar surface area (TPSA) is 60.2 Å². The summed E-state index contributed by atoms with van der Waals surface area (Å²) >= 11 is 1.41. The number of halogens is 1. The summed E-state index contributed by atoms with van der Waals surface area (Å²) in [5.74, 6) is 0.133. The summed E-state index contributed by atoms with van der Waals surface area (Å²) in [4.78, 5) is 0. The Morgan fingerprint density at radius 2 is 2.29 bits per heavy atom. The number of rotatable bonds is 7. The van der Waals surface area contributed by atoms with Gasteiger partial charge >= 0.3 is 0 Å². The van der Waals surface area contributed by atoms with E-state index in [2.05, 4.69) is 10.2 Å². The van der Waals surface area contributed by atoms with Crippen molar-refractivity contribution in [3.8, 4) is 0 Å². The van der Waals surface area contributed by atoms with Gasteiger partial charge in [0.2, 0.25) is 0 Å². The SMILES string of the molecule is COCCn1cnnc1SCC(O)c1ccc(F)cc1C. The highest BCUT2D eigenvalue weighted by Crippen LogP contribution is 2.25. The van der Waals surface area contributed by atoms with Crippen LogP contribution in [-0.4, -0.2) is 39.3 Å². The molecule has 0 aliphatic rings. The lowest BCUT2D eigenvalue weighted by atomic mass is 10.0. The molecule has 1 N–H and O–H groups in total. The Labute approximate surface area is 127 Å². The maximum absolute atomic E-state index is 13.1. The molecular formula is C14H18FN3O2S. The van der Waals surface area contributed by atoms with Crippen LogP contribution >= 0.6 is 11.8 Å². The average molecular weight is 311 g/mol. The number of aliphatic hydroxyl groups is 1. The molecule has 0 spiro atoms. The number of aromatic nitrogens is 3. The fraction of sp³-hybridized carbons (Fsp3) is 0.429. The van der Waals surface area contributed by atoms with Gasteiger partial charge < -0.3 is 14.4 Å². The van der Waals surface area contributed by atoms with E-state index in [4.69, 9.17) is 4.74 Å². The Morgan fingerprint density at radius 3 is 3.00 bits per heavy atom. The molecule has 0 fully saturated rings. The van der Waals surface area contributed by atoms with Crippen LogP contribution in [0.3, 0.4) is 0 Å². The van der Waals surface area contributed by atoms with Crippen molar-refractivity contribution in [1.29, 1.82) is 0 Å². The van der Waals surface area contributed by atoms with E-state index in [9.17, 15) is 9.50 Å². The number of hydrogen-bond acceptors (Lipinski definition) is 5. The minimum atomic E-state index is -0.678. The Kier molecular flexibility index (Phi) is 5.72. The Bertz CT molecular complexity index is 591. The zero-order chi connectivity index (χ0) is 15.2. The third-order valence-electron chi connectivity index (χ3n) is 3.08. The summed E-state index contributed by atoms with van der Waals surface area (Å²) in [7, 11) is 1.64. The van der Waals surface area contributed by atoms with Crippen LogP contribution in [0.15, 0.2) is 29.7 Å². The summed E-state index contributed by atoms with van der Waals surface area (Å²) in [6.45, 7) is 3.02. The van der Waals surface area contributed by atoms with Crippen LogP contribution in [0.1, 0.15) is 17.2 Å². The van der Waals surface area contributed by atoms with E-state index in [1.807, 2.05) is 4.57 Å². The minimum Gasteiger partial charge on any atom is -0.388 e. The van der Waals surface area contributed by atoms with Crippen molar-refractivity contribution in [1.82, 2.24) is 14.8 Å². The quantitative estimate of drug-likeness (QED) is 0.794. The highest BCUT2D eigenvalue weighted by atomic mass is 32.2. The molecular weight excluding hydrogens is 293 g/mol. The van der Waals surface area contributed by atoms with Gasteiger partial charge in [0, 0.05) is 19.4 Å². The van der Waals surface area contributed by atoms with E-state index >= 15 is 0 Å². The van der Waals surface area contributed by atoms with Gasteiger partial charge in [-0.25, -0.2) is 4.39 Å². The number of methoxy groups -OCH3 is 1. The van der Waals surface area contributed by atoms with Gasteiger partial charge in [-0.05, 0) is 30.2 Å². The van der Waals surface area contributed by atoms with Gasteiger partial charge in [-0.15, -0.1) is 10.2 Å². The first-order chi connectivity index (χ1) is 10.1. The molecule has 0 saturated heterocycles. The zero-order valence-corrected chi connectivity index (χ0v) is 12.8. The van der Waals surface area contributed by atoms with Crippen LogP contribution in [0.5, 0.6) is 0 Å². The number of hydrogen-bond donors (Lipinski definition) is 1. The summed E-state index contributed by atoms with van der Waals surface area (Å²) in [5, 5.41) is 18.8. The smallest absolute Gasteiger partial charge is 0.191 e. The molecule has 1 unspecified atom stereocenters. The van der Waals surface area contributed by atoms with Crippen LogP contribution in [0.25, 0.3) is 0 Å². The number of aryl methyl sites for hydroxylation is 1. The monoisotopic (exact) mass is 311 g/mol. The molecule has 1 heterocycles. The van der Waals surface area contributed by atoms with E-state index in [-0.39, 0.29) is 5.82 Å². The van der Waals surface area contributed by atoms with Crippen molar-refractivity contribution in [3.63, 3.8) is 0 Å². The zero-order valence-electron chi connectivity index (χ0n) is 12.0. The molecule has 7 heteroatoms. The molecule has 0 amide bonds. The third-order valence-corrected chi connectivity index (χ3v) is 4.13. The standard InChI is InChI=1S/C14H18FN3O2S/c1-10-7-11(15)3-4-12(10)13(19)8-21-14-17-16-9-18(14)5-6-20-2/h3-4,7,9,13,19H,5-6,8H2,1-2H3. The predicted octanol–water partition coefficient (Wildman–Crippen LogP) is 2.20. The first kappa shape index (κ1) is 15.9. The van der Waals surface area contributed by atoms with Crippen LogP contribution in [-0.2, 0) is 11.3 Å². The summed E-state index contributed by atoms with van der Waals surface area (Å²) in [6, 6.07) is 4.40. The maximum Gasteiger partial charge on any atom is 0.191 e. The molecule has 114 valence electrons. The van der Waals surface area contributed by atoms with Crippen LogP contribution in [0, 0.1) is 12.7 Å². The molecule has 2 rings (SSSR count). The Morgan fingerprint density at radius 1 is 1.48 bits per heavy atom. The van der Waals surface area contributed by atoms with Crippen molar-refractivity contribution in [3.05, 3.63) is 41.5 Å². The lowest BCUT2D eigenvalue weighted by Gasteiger charge is -2.13. The van der Waals surface area contributed by atoms with E-state index in [1.54, 1.807) is 26.4 Å². The molecule has 0 radical (unpaired) electrons. The van der Waals surface area contributed by atoms with Crippen LogP contribution < -0.4 is 0 Å². The fourth-order valence-corrected chi connectivity index (χ4v) is 2.85. The van der Waals surface area contributed by atoms with Crippen molar-refractivity contribution in [2.45, 2.75) is 24.7 Å². The Hall–Kier alpha value is -1.44. The lowest BCUT2D eigenvalue weighted by Crippen LogP contribution is -2.07. The number of nitrogens with zero attached hydrogens (tertiary/aromatic N) is 3. The summed E-state index contributed by atoms with van der Waals surface area (Å²) < 4.78 is 20.0. The second-order valence-electron chi connectivity index (χ2n) is 4.63. The first-order valence-electron chi connectivity index (χ1n) is 6.55. The molecule has 1 aromatic heterocycles. The molecule has 1 aromatic carbocycles. The number of aliphatic hydroxyl groups excluding tert-OH is 1. The molecule has 1 atom stereocenters. The predicted molar refractivity (Wildman–Crippen MR) is 78.7 cm³/mol. The average Bonchev–Trinajstić information content (AvgIpc) is 2.90. The normalized spacial score (nSPS) is 12.6. The minimum absolute atomic E-state index is 0.296. The van der Waals surface area contributed by atoms with Crippen molar-refractivity contribution >= 4 is 11.8 Å². The highest BCUT2D eigenvalue weighted by molar-refractivity contribution is 7.99. The van der Waals surface area contributed by atoms with Gasteiger partial charge in [0.05, 0.1) is 12.7 Å². The van der Waals surface area contributed by atoms with Gasteiger partial charge in [-0.1, -0.05) is 17.8 Å². The number of thioether (sulfide) groups is 1. The molecule has 0 aliphatic carbocycles. The fourth-order valence-electron chi connectivity index (χ4n) is 1.96. The number of ether oxygens (including phenoxy) is 1. The highest BCUT2D eigenvalue weighted by Gasteiger charge is 2.14. The van der Waals surface area contributed by atoms with Crippen molar-refractivity contribution in [2.24, 2.45) is 0 Å². The van der Waals surface area contributed by atoms with Gasteiger partial charge in [0.1, 0.15) is 12.1 Å². The molecule has 2 aromatic rings. The largest absolute Gasteiger partial charge is 0.388 e. The summed E-state index contributed by atoms with van der Waals surface area (Å²) in [6.07, 6.45) is 0.958. The molecule has 0 saturated carbocycles. The molecule has 5 nitrogen and oxygen atoms in total. The number of benzene rings is 1. The third kappa shape index (κ3) is 4.26. The maximum atomic E-state index is 13.1. The van der Waals surface area contributed by atoms with Gasteiger partial charge in [0.25, 0.3) is 0 Å². The summed E-state index contributed by atoms with van der Waals surface area (Å²) in [5.41, 5.74) is 1.47. The van der Waals surface area contributed by atoms with Crippen LogP contribution in [0.2, 0.25) is 0 Å².